The molecule has 0 bridgehead atoms. The molecule has 0 saturated heterocycles. The fraction of sp³-hybridized carbons (Fsp3) is 0.147. The standard InChI is InChI=1S/C68H55BN2S/c1-41(2)45-28-33-53-57(38-45)68(55-24-16-14-22-51(55)52-23-15-17-25-56(52)68)65-62(53)64-66(72-65)69-58-35-29-46(54-40-47(67(5,6)7)30-34-50(54)44-18-10-8-11-19-44)39-59(58)70(48-20-12-9-13-21-48)60-36-43(4)37-61(63(60)69)71(64)49-31-26-42(3)27-32-49/h8-41H,1-7H3. The molecule has 14 rings (SSSR count). The quantitative estimate of drug-likeness (QED) is 0.159. The minimum atomic E-state index is -0.474. The Labute approximate surface area is 429 Å². The molecule has 1 spiro atoms. The number of para-hydroxylation sites is 1. The van der Waals surface area contributed by atoms with E-state index in [-0.39, 0.29) is 12.1 Å². The first kappa shape index (κ1) is 43.2. The number of fused-ring (bicyclic) bond motifs is 15. The zero-order chi connectivity index (χ0) is 48.8. The van der Waals surface area contributed by atoms with Gasteiger partial charge in [-0.25, -0.2) is 0 Å². The lowest BCUT2D eigenvalue weighted by molar-refractivity contribution is 0.590. The Morgan fingerprint density at radius 1 is 0.486 bits per heavy atom. The van der Waals surface area contributed by atoms with Crippen LogP contribution in [0.3, 0.4) is 0 Å². The first-order valence-corrected chi connectivity index (χ1v) is 26.5. The molecule has 2 aliphatic heterocycles. The smallest absolute Gasteiger partial charge is 0.264 e. The second-order valence-electron chi connectivity index (χ2n) is 22.0. The van der Waals surface area contributed by atoms with E-state index in [0.29, 0.717) is 5.92 Å². The predicted molar refractivity (Wildman–Crippen MR) is 308 cm³/mol. The van der Waals surface area contributed by atoms with Crippen molar-refractivity contribution in [2.45, 2.75) is 65.2 Å². The van der Waals surface area contributed by atoms with Crippen LogP contribution in [0, 0.1) is 13.8 Å². The summed E-state index contributed by atoms with van der Waals surface area (Å²) in [6, 6.07) is 76.8. The van der Waals surface area contributed by atoms with E-state index in [9.17, 15) is 0 Å². The molecule has 4 heteroatoms. The average Bonchev–Trinajstić information content (AvgIpc) is 4.04. The van der Waals surface area contributed by atoms with Gasteiger partial charge in [0.1, 0.15) is 0 Å². The molecular formula is C68H55BN2S. The highest BCUT2D eigenvalue weighted by Gasteiger charge is 2.57. The molecule has 2 nitrogen and oxygen atoms in total. The summed E-state index contributed by atoms with van der Waals surface area (Å²) in [5.74, 6) is 0.389. The fourth-order valence-electron chi connectivity index (χ4n) is 12.9. The van der Waals surface area contributed by atoms with Crippen LogP contribution in [0.25, 0.3) is 44.5 Å². The normalized spacial score (nSPS) is 14.2. The summed E-state index contributed by atoms with van der Waals surface area (Å²) in [5.41, 5.74) is 29.3. The summed E-state index contributed by atoms with van der Waals surface area (Å²) >= 11 is 2.07. The van der Waals surface area contributed by atoms with Gasteiger partial charge in [0.05, 0.1) is 11.1 Å². The van der Waals surface area contributed by atoms with Crippen LogP contribution in [0.5, 0.6) is 0 Å². The van der Waals surface area contributed by atoms with Crippen molar-refractivity contribution >= 4 is 67.9 Å². The highest BCUT2D eigenvalue weighted by Crippen LogP contribution is 2.67. The van der Waals surface area contributed by atoms with Gasteiger partial charge in [0.25, 0.3) is 6.71 Å². The van der Waals surface area contributed by atoms with E-state index in [1.54, 1.807) is 0 Å². The minimum Gasteiger partial charge on any atom is -0.311 e. The number of rotatable bonds is 5. The molecule has 346 valence electrons. The third-order valence-corrected chi connectivity index (χ3v) is 17.7. The third kappa shape index (κ3) is 6.02. The van der Waals surface area contributed by atoms with Gasteiger partial charge in [-0.2, -0.15) is 0 Å². The summed E-state index contributed by atoms with van der Waals surface area (Å²) in [6.07, 6.45) is 0. The topological polar surface area (TPSA) is 6.48 Å². The Balaban J connectivity index is 1.11. The molecule has 4 aliphatic rings. The van der Waals surface area contributed by atoms with Gasteiger partial charge < -0.3 is 9.80 Å². The molecule has 0 amide bonds. The highest BCUT2D eigenvalue weighted by molar-refractivity contribution is 7.30. The van der Waals surface area contributed by atoms with Crippen molar-refractivity contribution in [2.24, 2.45) is 0 Å². The molecule has 0 saturated carbocycles. The summed E-state index contributed by atoms with van der Waals surface area (Å²) in [6.45, 7) is 16.1. The number of thiophene rings is 1. The average molecular weight is 943 g/mol. The highest BCUT2D eigenvalue weighted by atomic mass is 32.1. The van der Waals surface area contributed by atoms with Crippen molar-refractivity contribution in [1.82, 2.24) is 0 Å². The number of benzene rings is 9. The fourth-order valence-corrected chi connectivity index (χ4v) is 14.6. The van der Waals surface area contributed by atoms with Crippen LogP contribution < -0.4 is 25.5 Å². The molecule has 2 aliphatic carbocycles. The number of hydrogen-bond donors (Lipinski definition) is 0. The molecule has 72 heavy (non-hydrogen) atoms. The SMILES string of the molecule is Cc1ccc(N2c3cc(C)cc4c3B(c3ccc(-c5cc(C(C)(C)C)ccc5-c5ccccc5)cc3N4c3ccccc3)c3sc4c(c32)-c2ccc(C(C)C)cc2C42c3ccccc3-c3ccccc32)cc1. The number of hydrogen-bond acceptors (Lipinski definition) is 3. The van der Waals surface area contributed by atoms with E-state index in [1.807, 2.05) is 0 Å². The largest absolute Gasteiger partial charge is 0.311 e. The van der Waals surface area contributed by atoms with Crippen LogP contribution in [-0.2, 0) is 10.8 Å². The number of aryl methyl sites for hydroxylation is 2. The Hall–Kier alpha value is -7.66. The zero-order valence-corrected chi connectivity index (χ0v) is 42.8. The Morgan fingerprint density at radius 2 is 1.11 bits per heavy atom. The lowest BCUT2D eigenvalue weighted by Gasteiger charge is -2.43. The second kappa shape index (κ2) is 15.7. The molecular weight excluding hydrogens is 888 g/mol. The first-order chi connectivity index (χ1) is 35.0. The summed E-state index contributed by atoms with van der Waals surface area (Å²) in [7, 11) is 0. The van der Waals surface area contributed by atoms with E-state index < -0.39 is 5.41 Å². The van der Waals surface area contributed by atoms with Crippen molar-refractivity contribution in [3.63, 3.8) is 0 Å². The Kier molecular flexibility index (Phi) is 9.39. The van der Waals surface area contributed by atoms with Gasteiger partial charge in [-0.05, 0) is 151 Å². The van der Waals surface area contributed by atoms with Crippen molar-refractivity contribution in [3.8, 4) is 44.5 Å². The van der Waals surface area contributed by atoms with E-state index in [2.05, 4.69) is 270 Å². The number of nitrogens with zero attached hydrogens (tertiary/aromatic N) is 2. The van der Waals surface area contributed by atoms with Gasteiger partial charge >= 0.3 is 0 Å². The first-order valence-electron chi connectivity index (χ1n) is 25.7. The van der Waals surface area contributed by atoms with Crippen molar-refractivity contribution in [1.29, 1.82) is 0 Å². The van der Waals surface area contributed by atoms with Crippen molar-refractivity contribution in [2.75, 3.05) is 9.80 Å². The van der Waals surface area contributed by atoms with Gasteiger partial charge in [0, 0.05) is 43.7 Å². The minimum absolute atomic E-state index is 0.0187. The summed E-state index contributed by atoms with van der Waals surface area (Å²) in [4.78, 5) is 6.66. The third-order valence-electron chi connectivity index (χ3n) is 16.3. The maximum atomic E-state index is 2.66. The van der Waals surface area contributed by atoms with Gasteiger partial charge in [0.15, 0.2) is 0 Å². The van der Waals surface area contributed by atoms with Gasteiger partial charge in [0.2, 0.25) is 0 Å². The van der Waals surface area contributed by atoms with Crippen LogP contribution in [0.15, 0.2) is 200 Å². The summed E-state index contributed by atoms with van der Waals surface area (Å²) < 4.78 is 1.40. The zero-order valence-electron chi connectivity index (χ0n) is 42.0. The lowest BCUT2D eigenvalue weighted by atomic mass is 9.36. The van der Waals surface area contributed by atoms with Crippen LogP contribution in [-0.4, -0.2) is 6.71 Å². The van der Waals surface area contributed by atoms with Crippen molar-refractivity contribution in [3.05, 3.63) is 244 Å². The molecule has 9 aromatic carbocycles. The second-order valence-corrected chi connectivity index (χ2v) is 23.0. The molecule has 0 unspecified atom stereocenters. The Bertz CT molecular complexity index is 3810. The predicted octanol–water partition coefficient (Wildman–Crippen LogP) is 16.5. The molecule has 0 atom stereocenters. The lowest BCUT2D eigenvalue weighted by Crippen LogP contribution is -2.60. The maximum absolute atomic E-state index is 2.66. The van der Waals surface area contributed by atoms with Crippen molar-refractivity contribution < 1.29 is 0 Å². The van der Waals surface area contributed by atoms with E-state index in [4.69, 9.17) is 0 Å². The van der Waals surface area contributed by atoms with Crippen LogP contribution in [0.2, 0.25) is 0 Å². The van der Waals surface area contributed by atoms with E-state index in [1.165, 1.54) is 132 Å². The van der Waals surface area contributed by atoms with Crippen LogP contribution in [0.1, 0.15) is 84.4 Å². The monoisotopic (exact) mass is 942 g/mol. The van der Waals surface area contributed by atoms with Gasteiger partial charge in [-0.3, -0.25) is 0 Å². The molecule has 1 aromatic heterocycles. The molecule has 3 heterocycles. The van der Waals surface area contributed by atoms with Gasteiger partial charge in [-0.1, -0.05) is 198 Å². The molecule has 0 radical (unpaired) electrons. The maximum Gasteiger partial charge on any atom is 0.264 e. The van der Waals surface area contributed by atoms with Crippen LogP contribution >= 0.6 is 11.3 Å². The Morgan fingerprint density at radius 3 is 1.79 bits per heavy atom. The molecule has 0 fully saturated rings. The summed E-state index contributed by atoms with van der Waals surface area (Å²) in [5, 5.41) is 0. The molecule has 0 N–H and O–H groups in total. The van der Waals surface area contributed by atoms with E-state index in [0.717, 1.165) is 5.69 Å². The number of anilines is 6. The van der Waals surface area contributed by atoms with E-state index >= 15 is 0 Å². The molecule has 10 aromatic rings. The van der Waals surface area contributed by atoms with Crippen LogP contribution in [0.4, 0.5) is 34.1 Å². The van der Waals surface area contributed by atoms with Gasteiger partial charge in [-0.15, -0.1) is 11.3 Å².